The van der Waals surface area contributed by atoms with Gasteiger partial charge >= 0.3 is 0 Å². The molecule has 2 nitrogen and oxygen atoms in total. The molecule has 0 radical (unpaired) electrons. The van der Waals surface area contributed by atoms with Gasteiger partial charge in [-0.05, 0) is 49.4 Å². The molecule has 2 heterocycles. The molecule has 3 rings (SSSR count). The molecule has 0 fully saturated rings. The molecule has 0 aliphatic rings. The van der Waals surface area contributed by atoms with Crippen LogP contribution >= 0.6 is 23.1 Å². The zero-order valence-electron chi connectivity index (χ0n) is 13.7. The summed E-state index contributed by atoms with van der Waals surface area (Å²) in [6, 6.07) is 8.58. The van der Waals surface area contributed by atoms with Crippen LogP contribution in [0.25, 0.3) is 20.7 Å². The van der Waals surface area contributed by atoms with Gasteiger partial charge < -0.3 is 0 Å². The molecule has 0 bridgehead atoms. The second-order valence-corrected chi connectivity index (χ2v) is 7.92. The maximum absolute atomic E-state index is 13.1. The highest BCUT2D eigenvalue weighted by Crippen LogP contribution is 2.38. The molecule has 0 aliphatic carbocycles. The number of nitrogens with zero attached hydrogens (tertiary/aromatic N) is 2. The molecular weight excluding hydrogens is 339 g/mol. The first-order valence-corrected chi connectivity index (χ1v) is 9.16. The monoisotopic (exact) mass is 356 g/mol. The molecule has 0 N–H and O–H groups in total. The third-order valence-corrected chi connectivity index (χ3v) is 5.59. The van der Waals surface area contributed by atoms with Crippen LogP contribution in [0.15, 0.2) is 64.3 Å². The first-order valence-electron chi connectivity index (χ1n) is 7.53. The maximum atomic E-state index is 13.1. The van der Waals surface area contributed by atoms with Crippen molar-refractivity contribution in [2.45, 2.75) is 25.8 Å². The molecule has 0 amide bonds. The lowest BCUT2D eigenvalue weighted by atomic mass is 10.2. The highest BCUT2D eigenvalue weighted by atomic mass is 32.2. The third-order valence-electron chi connectivity index (χ3n) is 3.32. The summed E-state index contributed by atoms with van der Waals surface area (Å²) >= 11 is 3.28. The Morgan fingerprint density at radius 3 is 2.54 bits per heavy atom. The largest absolute Gasteiger partial charge is 0.235 e. The van der Waals surface area contributed by atoms with Crippen molar-refractivity contribution < 1.29 is 4.39 Å². The van der Waals surface area contributed by atoms with Crippen LogP contribution in [-0.2, 0) is 0 Å². The lowest BCUT2D eigenvalue weighted by Crippen LogP contribution is -1.82. The molecule has 0 atom stereocenters. The summed E-state index contributed by atoms with van der Waals surface area (Å²) in [5.74, 6) is -0.226. The Labute approximate surface area is 149 Å². The number of thioether (sulfide) groups is 1. The molecule has 0 spiro atoms. The fraction of sp³-hybridized carbons (Fsp3) is 0.158. The van der Waals surface area contributed by atoms with E-state index in [2.05, 4.69) is 42.9 Å². The fourth-order valence-electron chi connectivity index (χ4n) is 2.13. The van der Waals surface area contributed by atoms with Gasteiger partial charge in [-0.3, -0.25) is 0 Å². The third kappa shape index (κ3) is 3.91. The van der Waals surface area contributed by atoms with Crippen LogP contribution in [0.5, 0.6) is 0 Å². The van der Waals surface area contributed by atoms with Crippen molar-refractivity contribution in [3.63, 3.8) is 0 Å². The van der Waals surface area contributed by atoms with Gasteiger partial charge in [0, 0.05) is 4.88 Å². The van der Waals surface area contributed by atoms with Crippen molar-refractivity contribution in [3.8, 4) is 10.4 Å². The number of thiophene rings is 1. The van der Waals surface area contributed by atoms with E-state index in [9.17, 15) is 4.39 Å². The molecule has 0 saturated carbocycles. The minimum Gasteiger partial charge on any atom is -0.235 e. The average Bonchev–Trinajstić information content (AvgIpc) is 2.99. The average molecular weight is 356 g/mol. The fourth-order valence-corrected chi connectivity index (χ4v) is 4.12. The molecule has 3 aromatic rings. The second-order valence-electron chi connectivity index (χ2n) is 5.63. The van der Waals surface area contributed by atoms with Crippen LogP contribution < -0.4 is 0 Å². The van der Waals surface area contributed by atoms with E-state index in [-0.39, 0.29) is 5.82 Å². The van der Waals surface area contributed by atoms with Crippen molar-refractivity contribution in [2.75, 3.05) is 0 Å². The van der Waals surface area contributed by atoms with E-state index in [0.717, 1.165) is 25.7 Å². The van der Waals surface area contributed by atoms with Crippen molar-refractivity contribution in [3.05, 3.63) is 65.1 Å². The van der Waals surface area contributed by atoms with Gasteiger partial charge in [-0.1, -0.05) is 41.6 Å². The quantitative estimate of drug-likeness (QED) is 0.305. The van der Waals surface area contributed by atoms with Gasteiger partial charge in [-0.25, -0.2) is 14.4 Å². The lowest BCUT2D eigenvalue weighted by Gasteiger charge is -2.01. The van der Waals surface area contributed by atoms with Gasteiger partial charge in [0.1, 0.15) is 17.2 Å². The van der Waals surface area contributed by atoms with Gasteiger partial charge in [-0.15, -0.1) is 11.3 Å². The van der Waals surface area contributed by atoms with Crippen molar-refractivity contribution in [1.82, 2.24) is 9.97 Å². The number of hydrogen-bond donors (Lipinski definition) is 0. The van der Waals surface area contributed by atoms with Crippen molar-refractivity contribution >= 4 is 33.3 Å². The topological polar surface area (TPSA) is 25.8 Å². The SMILES string of the molecule is CC(C)=CC=C(C)Sc1ncnc2cc(-c3ccc(F)cc3)sc12. The van der Waals surface area contributed by atoms with Gasteiger partial charge in [0.05, 0.1) is 10.2 Å². The van der Waals surface area contributed by atoms with Crippen molar-refractivity contribution in [1.29, 1.82) is 0 Å². The van der Waals surface area contributed by atoms with Crippen LogP contribution in [-0.4, -0.2) is 9.97 Å². The zero-order chi connectivity index (χ0) is 17.1. The molecule has 122 valence electrons. The van der Waals surface area contributed by atoms with Crippen molar-refractivity contribution in [2.24, 2.45) is 0 Å². The number of allylic oxidation sites excluding steroid dienone is 4. The van der Waals surface area contributed by atoms with E-state index in [1.807, 2.05) is 6.07 Å². The summed E-state index contributed by atoms with van der Waals surface area (Å²) in [6.07, 6.45) is 5.79. The molecule has 0 aliphatic heterocycles. The second kappa shape index (κ2) is 7.28. The molecule has 2 aromatic heterocycles. The van der Waals surface area contributed by atoms with Crippen LogP contribution in [0.4, 0.5) is 4.39 Å². The van der Waals surface area contributed by atoms with E-state index in [4.69, 9.17) is 0 Å². The molecule has 5 heteroatoms. The van der Waals surface area contributed by atoms with Crippen LogP contribution in [0.3, 0.4) is 0 Å². The molecule has 24 heavy (non-hydrogen) atoms. The number of rotatable bonds is 4. The van der Waals surface area contributed by atoms with Gasteiger partial charge in [0.15, 0.2) is 0 Å². The number of hydrogen-bond acceptors (Lipinski definition) is 4. The highest BCUT2D eigenvalue weighted by molar-refractivity contribution is 8.03. The van der Waals surface area contributed by atoms with Gasteiger partial charge in [-0.2, -0.15) is 0 Å². The van der Waals surface area contributed by atoms with E-state index in [1.165, 1.54) is 22.6 Å². The lowest BCUT2D eigenvalue weighted by molar-refractivity contribution is 0.628. The standard InChI is InChI=1S/C19H17FN2S2/c1-12(2)4-5-13(3)23-19-18-16(21-11-22-19)10-17(24-18)14-6-8-15(20)9-7-14/h4-11H,1-3H3. The Morgan fingerprint density at radius 2 is 1.83 bits per heavy atom. The summed E-state index contributed by atoms with van der Waals surface area (Å²) in [4.78, 5) is 11.0. The Balaban J connectivity index is 1.97. The normalized spacial score (nSPS) is 11.8. The highest BCUT2D eigenvalue weighted by Gasteiger charge is 2.11. The first kappa shape index (κ1) is 16.9. The number of fused-ring (bicyclic) bond motifs is 1. The number of halogens is 1. The van der Waals surface area contributed by atoms with Crippen LogP contribution in [0.1, 0.15) is 20.8 Å². The number of benzene rings is 1. The summed E-state index contributed by atoms with van der Waals surface area (Å²) < 4.78 is 14.2. The van der Waals surface area contributed by atoms with Gasteiger partial charge in [0.25, 0.3) is 0 Å². The van der Waals surface area contributed by atoms with Gasteiger partial charge in [0.2, 0.25) is 0 Å². The van der Waals surface area contributed by atoms with E-state index in [1.54, 1.807) is 41.6 Å². The minimum atomic E-state index is -0.226. The summed E-state index contributed by atoms with van der Waals surface area (Å²) in [7, 11) is 0. The van der Waals surface area contributed by atoms with E-state index < -0.39 is 0 Å². The number of aromatic nitrogens is 2. The minimum absolute atomic E-state index is 0.226. The van der Waals surface area contributed by atoms with Crippen LogP contribution in [0, 0.1) is 5.82 Å². The predicted molar refractivity (Wildman–Crippen MR) is 102 cm³/mol. The first-order chi connectivity index (χ1) is 11.5. The van der Waals surface area contributed by atoms with E-state index in [0.29, 0.717) is 0 Å². The molecule has 0 saturated heterocycles. The summed E-state index contributed by atoms with van der Waals surface area (Å²) in [6.45, 7) is 6.23. The Bertz CT molecular complexity index is 920. The Morgan fingerprint density at radius 1 is 1.08 bits per heavy atom. The van der Waals surface area contributed by atoms with Crippen LogP contribution in [0.2, 0.25) is 0 Å². The Kier molecular flexibility index (Phi) is 5.11. The smallest absolute Gasteiger partial charge is 0.123 e. The maximum Gasteiger partial charge on any atom is 0.123 e. The summed E-state index contributed by atoms with van der Waals surface area (Å²) in [5.41, 5.74) is 3.18. The molecule has 1 aromatic carbocycles. The molecular formula is C19H17FN2S2. The summed E-state index contributed by atoms with van der Waals surface area (Å²) in [5, 5.41) is 0.953. The Hall–Kier alpha value is -1.98. The predicted octanol–water partition coefficient (Wildman–Crippen LogP) is 6.46. The molecule has 0 unspecified atom stereocenters. The zero-order valence-corrected chi connectivity index (χ0v) is 15.3. The van der Waals surface area contributed by atoms with E-state index >= 15 is 0 Å².